The summed E-state index contributed by atoms with van der Waals surface area (Å²) >= 11 is 0. The molecular weight excluding hydrogens is 324 g/mol. The molecule has 7 nitrogen and oxygen atoms in total. The van der Waals surface area contributed by atoms with Crippen LogP contribution in [0, 0.1) is 6.92 Å². The van der Waals surface area contributed by atoms with E-state index in [4.69, 9.17) is 0 Å². The predicted molar refractivity (Wildman–Crippen MR) is 98.7 cm³/mol. The quantitative estimate of drug-likeness (QED) is 0.609. The van der Waals surface area contributed by atoms with Crippen molar-refractivity contribution in [2.24, 2.45) is 4.99 Å². The summed E-state index contributed by atoms with van der Waals surface area (Å²) in [6.07, 6.45) is 1.93. The Kier molecular flexibility index (Phi) is 6.37. The lowest BCUT2D eigenvalue weighted by Gasteiger charge is -2.25. The van der Waals surface area contributed by atoms with E-state index in [1.807, 2.05) is 39.3 Å². The normalized spacial score (nSPS) is 19.7. The summed E-state index contributed by atoms with van der Waals surface area (Å²) in [4.78, 5) is 9.02. The number of fused-ring (bicyclic) bond motifs is 1. The van der Waals surface area contributed by atoms with Gasteiger partial charge in [-0.3, -0.25) is 9.20 Å². The van der Waals surface area contributed by atoms with Crippen molar-refractivity contribution in [3.63, 3.8) is 0 Å². The van der Waals surface area contributed by atoms with E-state index >= 15 is 0 Å². The van der Waals surface area contributed by atoms with Gasteiger partial charge in [-0.1, -0.05) is 0 Å². The van der Waals surface area contributed by atoms with E-state index in [9.17, 15) is 4.21 Å². The Bertz CT molecular complexity index is 604. The van der Waals surface area contributed by atoms with Crippen molar-refractivity contribution in [2.75, 3.05) is 18.8 Å². The van der Waals surface area contributed by atoms with Crippen LogP contribution in [0.5, 0.6) is 0 Å². The molecule has 1 aliphatic heterocycles. The number of rotatable bonds is 5. The first kappa shape index (κ1) is 18.9. The van der Waals surface area contributed by atoms with Crippen LogP contribution < -0.4 is 10.6 Å². The molecule has 8 heteroatoms. The molecule has 0 saturated heterocycles. The molecule has 1 aromatic rings. The summed E-state index contributed by atoms with van der Waals surface area (Å²) in [7, 11) is -0.876. The maximum atomic E-state index is 12.1. The van der Waals surface area contributed by atoms with Crippen molar-refractivity contribution >= 4 is 16.8 Å². The van der Waals surface area contributed by atoms with Crippen LogP contribution in [0.1, 0.15) is 45.8 Å². The summed E-state index contributed by atoms with van der Waals surface area (Å²) in [5.41, 5.74) is 0. The Morgan fingerprint density at radius 2 is 2.21 bits per heavy atom. The molecule has 0 radical (unpaired) electrons. The average Bonchev–Trinajstić information content (AvgIpc) is 2.85. The molecule has 0 aliphatic carbocycles. The van der Waals surface area contributed by atoms with Crippen LogP contribution in [0.3, 0.4) is 0 Å². The molecule has 0 spiro atoms. The van der Waals surface area contributed by atoms with E-state index in [1.165, 1.54) is 0 Å². The average molecular weight is 355 g/mol. The van der Waals surface area contributed by atoms with E-state index in [1.54, 1.807) is 0 Å². The van der Waals surface area contributed by atoms with Crippen molar-refractivity contribution in [1.29, 1.82) is 0 Å². The smallest absolute Gasteiger partial charge is 0.191 e. The Hall–Kier alpha value is -1.44. The van der Waals surface area contributed by atoms with Crippen molar-refractivity contribution in [3.05, 3.63) is 11.6 Å². The van der Waals surface area contributed by atoms with Crippen LogP contribution in [0.25, 0.3) is 0 Å². The molecule has 1 aliphatic rings. The summed E-state index contributed by atoms with van der Waals surface area (Å²) < 4.78 is 13.9. The Balaban J connectivity index is 1.91. The highest BCUT2D eigenvalue weighted by Crippen LogP contribution is 2.13. The molecule has 0 saturated carbocycles. The first-order chi connectivity index (χ1) is 11.3. The number of nitrogens with one attached hydrogen (secondary N) is 2. The standard InChI is InChI=1S/C16H30N6OS/c1-6-17-15(18-9-10-24(23)16(3,4)5)20-13-7-8-14-19-12(2)21-22(14)11-13/h13H,6-11H2,1-5H3,(H2,17,18,20). The first-order valence-electron chi connectivity index (χ1n) is 8.63. The van der Waals surface area contributed by atoms with Gasteiger partial charge in [-0.05, 0) is 41.0 Å². The van der Waals surface area contributed by atoms with Gasteiger partial charge in [0.2, 0.25) is 0 Å². The fourth-order valence-electron chi connectivity index (χ4n) is 2.61. The van der Waals surface area contributed by atoms with Crippen LogP contribution in [-0.4, -0.2) is 54.6 Å². The summed E-state index contributed by atoms with van der Waals surface area (Å²) in [6.45, 7) is 12.1. The van der Waals surface area contributed by atoms with Gasteiger partial charge >= 0.3 is 0 Å². The lowest BCUT2D eigenvalue weighted by Crippen LogP contribution is -2.47. The van der Waals surface area contributed by atoms with Gasteiger partial charge in [0.1, 0.15) is 11.6 Å². The number of aryl methyl sites for hydroxylation is 2. The van der Waals surface area contributed by atoms with Gasteiger partial charge in [0.25, 0.3) is 0 Å². The van der Waals surface area contributed by atoms with E-state index < -0.39 is 10.8 Å². The number of nitrogens with zero attached hydrogens (tertiary/aromatic N) is 4. The molecule has 2 atom stereocenters. The van der Waals surface area contributed by atoms with Crippen LogP contribution in [0.4, 0.5) is 0 Å². The third-order valence-electron chi connectivity index (χ3n) is 3.88. The van der Waals surface area contributed by atoms with Crippen molar-refractivity contribution in [3.8, 4) is 0 Å². The first-order valence-corrected chi connectivity index (χ1v) is 9.95. The highest BCUT2D eigenvalue weighted by molar-refractivity contribution is 7.86. The monoisotopic (exact) mass is 354 g/mol. The van der Waals surface area contributed by atoms with Crippen molar-refractivity contribution in [1.82, 2.24) is 25.4 Å². The Morgan fingerprint density at radius 1 is 1.46 bits per heavy atom. The fraction of sp³-hybridized carbons (Fsp3) is 0.812. The lowest BCUT2D eigenvalue weighted by molar-refractivity contribution is 0.392. The highest BCUT2D eigenvalue weighted by atomic mass is 32.2. The number of hydrogen-bond donors (Lipinski definition) is 2. The van der Waals surface area contributed by atoms with Crippen LogP contribution in [-0.2, 0) is 23.8 Å². The Morgan fingerprint density at radius 3 is 2.88 bits per heavy atom. The summed E-state index contributed by atoms with van der Waals surface area (Å²) in [5.74, 6) is 3.26. The third-order valence-corrected chi connectivity index (χ3v) is 5.80. The molecule has 2 heterocycles. The second-order valence-electron chi connectivity index (χ2n) is 7.06. The molecule has 2 unspecified atom stereocenters. The SMILES string of the molecule is CCNC(=NCCS(=O)C(C)(C)C)NC1CCc2nc(C)nn2C1. The maximum Gasteiger partial charge on any atom is 0.191 e. The molecule has 0 amide bonds. The molecule has 0 fully saturated rings. The van der Waals surface area contributed by atoms with E-state index in [-0.39, 0.29) is 10.8 Å². The second kappa shape index (κ2) is 8.09. The second-order valence-corrected chi connectivity index (χ2v) is 9.38. The highest BCUT2D eigenvalue weighted by Gasteiger charge is 2.22. The topological polar surface area (TPSA) is 84.2 Å². The van der Waals surface area contributed by atoms with Gasteiger partial charge in [0.05, 0.1) is 13.1 Å². The van der Waals surface area contributed by atoms with E-state index in [2.05, 4.69) is 25.7 Å². The maximum absolute atomic E-state index is 12.1. The predicted octanol–water partition coefficient (Wildman–Crippen LogP) is 1.00. The van der Waals surface area contributed by atoms with Crippen molar-refractivity contribution in [2.45, 2.75) is 64.8 Å². The molecule has 0 aromatic carbocycles. The lowest BCUT2D eigenvalue weighted by atomic mass is 10.1. The molecule has 1 aromatic heterocycles. The van der Waals surface area contributed by atoms with Crippen LogP contribution >= 0.6 is 0 Å². The van der Waals surface area contributed by atoms with Crippen LogP contribution in [0.2, 0.25) is 0 Å². The largest absolute Gasteiger partial charge is 0.357 e. The molecule has 2 rings (SSSR count). The van der Waals surface area contributed by atoms with Gasteiger partial charge < -0.3 is 10.6 Å². The van der Waals surface area contributed by atoms with Crippen molar-refractivity contribution < 1.29 is 4.21 Å². The van der Waals surface area contributed by atoms with E-state index in [0.717, 1.165) is 43.5 Å². The molecule has 24 heavy (non-hydrogen) atoms. The minimum absolute atomic E-state index is 0.188. The van der Waals surface area contributed by atoms with Gasteiger partial charge in [-0.25, -0.2) is 9.67 Å². The van der Waals surface area contributed by atoms with Gasteiger partial charge in [-0.15, -0.1) is 0 Å². The number of aliphatic imine (C=N–C) groups is 1. The Labute approximate surface area is 147 Å². The number of hydrogen-bond acceptors (Lipinski definition) is 4. The minimum Gasteiger partial charge on any atom is -0.357 e. The zero-order valence-corrected chi connectivity index (χ0v) is 16.2. The minimum atomic E-state index is -0.876. The van der Waals surface area contributed by atoms with Gasteiger partial charge in [0, 0.05) is 40.3 Å². The van der Waals surface area contributed by atoms with E-state index in [0.29, 0.717) is 12.3 Å². The third kappa shape index (κ3) is 5.29. The number of aromatic nitrogens is 3. The zero-order valence-electron chi connectivity index (χ0n) is 15.4. The summed E-state index contributed by atoms with van der Waals surface area (Å²) in [5, 5.41) is 11.2. The van der Waals surface area contributed by atoms with Crippen LogP contribution in [0.15, 0.2) is 4.99 Å². The summed E-state index contributed by atoms with van der Waals surface area (Å²) in [6, 6.07) is 0.282. The number of guanidine groups is 1. The molecule has 0 bridgehead atoms. The zero-order chi connectivity index (χ0) is 17.7. The van der Waals surface area contributed by atoms with Gasteiger partial charge in [0.15, 0.2) is 5.96 Å². The fourth-order valence-corrected chi connectivity index (χ4v) is 3.48. The molecular formula is C16H30N6OS. The molecule has 136 valence electrons. The van der Waals surface area contributed by atoms with Gasteiger partial charge in [-0.2, -0.15) is 5.10 Å². The molecule has 2 N–H and O–H groups in total.